The van der Waals surface area contributed by atoms with Gasteiger partial charge in [-0.25, -0.2) is 0 Å². The highest BCUT2D eigenvalue weighted by Crippen LogP contribution is 2.18. The van der Waals surface area contributed by atoms with E-state index >= 15 is 0 Å². The topological polar surface area (TPSA) is 656 Å². The summed E-state index contributed by atoms with van der Waals surface area (Å²) in [7, 11) is 0. The molecule has 124 heavy (non-hydrogen) atoms. The molecule has 0 bridgehead atoms. The molecule has 0 aliphatic rings. The summed E-state index contributed by atoms with van der Waals surface area (Å²) in [6.45, 7) is 27.2. The molecule has 0 rings (SSSR count). The smallest absolute Gasteiger partial charge is 0.322 e. The van der Waals surface area contributed by atoms with E-state index in [0.29, 0.717) is 96.6 Å². The van der Waals surface area contributed by atoms with Gasteiger partial charge >= 0.3 is 5.97 Å². The van der Waals surface area contributed by atoms with Crippen LogP contribution < -0.4 is 120 Å². The Labute approximate surface area is 735 Å². The molecular weight excluding hydrogens is 1600 g/mol. The lowest BCUT2D eigenvalue weighted by Crippen LogP contribution is -2.60. The predicted octanol–water partition coefficient (Wildman–Crippen LogP) is -0.950. The van der Waals surface area contributed by atoms with Gasteiger partial charge in [0.25, 0.3) is 0 Å². The molecule has 0 saturated heterocycles. The van der Waals surface area contributed by atoms with Crippen molar-refractivity contribution in [2.75, 3.05) is 52.4 Å². The summed E-state index contributed by atoms with van der Waals surface area (Å²) in [5.74, 6) is -13.5. The summed E-state index contributed by atoms with van der Waals surface area (Å²) in [6.07, 6.45) is 6.37. The number of aliphatic carboxylic acids is 1. The fraction of sp³-hybridized carbons (Fsp3) is 0.812. The van der Waals surface area contributed by atoms with E-state index < -0.39 is 192 Å². The molecule has 0 saturated carbocycles. The minimum absolute atomic E-state index is 0.0198. The number of nitrogens with two attached hydrogens (primary N) is 7. The van der Waals surface area contributed by atoms with Gasteiger partial charge in [0.05, 0.1) is 12.6 Å². The largest absolute Gasteiger partial charge is 0.480 e. The van der Waals surface area contributed by atoms with Crippen LogP contribution in [0.25, 0.3) is 0 Å². The number of hydrogen-bond acceptors (Lipinski definition) is 23. The summed E-state index contributed by atoms with van der Waals surface area (Å²) < 4.78 is 0. The lowest BCUT2D eigenvalue weighted by molar-refractivity contribution is -0.138. The highest BCUT2D eigenvalue weighted by atomic mass is 16.4. The number of carboxylic acids is 1. The van der Waals surface area contributed by atoms with Crippen LogP contribution in [0.15, 0.2) is 0 Å². The average molecular weight is 1760 g/mol. The lowest BCUT2D eigenvalue weighted by atomic mass is 9.98. The predicted molar refractivity (Wildman–Crippen MR) is 476 cm³/mol. The van der Waals surface area contributed by atoms with Crippen LogP contribution in [-0.4, -0.2) is 237 Å². The first-order chi connectivity index (χ1) is 58.4. The van der Waals surface area contributed by atoms with Crippen LogP contribution >= 0.6 is 0 Å². The lowest BCUT2D eigenvalue weighted by Gasteiger charge is -2.29. The fourth-order valence-corrected chi connectivity index (χ4v) is 13.6. The second kappa shape index (κ2) is 64.9. The fourth-order valence-electron chi connectivity index (χ4n) is 13.6. The molecule has 30 N–H and O–H groups in total. The van der Waals surface area contributed by atoms with Gasteiger partial charge in [0, 0.05) is 0 Å². The number of carbonyl (C=O) groups excluding carboxylic acids is 15. The van der Waals surface area contributed by atoms with E-state index in [1.807, 2.05) is 69.2 Å². The molecule has 15 amide bonds. The molecule has 0 spiro atoms. The van der Waals surface area contributed by atoms with Crippen molar-refractivity contribution in [2.24, 2.45) is 81.6 Å². The van der Waals surface area contributed by atoms with Crippen molar-refractivity contribution >= 4 is 94.6 Å². The number of amides is 15. The second-order valence-corrected chi connectivity index (χ2v) is 35.6. The minimum Gasteiger partial charge on any atom is -0.480 e. The Hall–Kier alpha value is -8.76. The molecule has 0 heterocycles. The normalized spacial score (nSPS) is 14.9. The van der Waals surface area contributed by atoms with Gasteiger partial charge in [-0.1, -0.05) is 96.9 Å². The van der Waals surface area contributed by atoms with Crippen molar-refractivity contribution in [3.8, 4) is 0 Å². The molecule has 39 heteroatoms. The van der Waals surface area contributed by atoms with Crippen LogP contribution in [0.3, 0.4) is 0 Å². The molecule has 0 aliphatic heterocycles. The molecule has 0 aromatic carbocycles. The molecule has 0 unspecified atom stereocenters. The zero-order valence-corrected chi connectivity index (χ0v) is 77.0. The van der Waals surface area contributed by atoms with E-state index in [9.17, 15) is 76.7 Å². The maximum absolute atomic E-state index is 14.7. The average Bonchev–Trinajstić information content (AvgIpc) is 0.855. The van der Waals surface area contributed by atoms with Crippen molar-refractivity contribution in [3.63, 3.8) is 0 Å². The Bertz CT molecular complexity index is 3260. The Balaban J connectivity index is 7.10. The summed E-state index contributed by atoms with van der Waals surface area (Å²) >= 11 is 0. The van der Waals surface area contributed by atoms with E-state index in [1.54, 1.807) is 27.7 Å². The van der Waals surface area contributed by atoms with Crippen LogP contribution in [0.1, 0.15) is 264 Å². The third-order valence-corrected chi connectivity index (χ3v) is 20.2. The van der Waals surface area contributed by atoms with Gasteiger partial charge in [0.1, 0.15) is 85.1 Å². The van der Waals surface area contributed by atoms with E-state index in [1.165, 1.54) is 6.92 Å². The standard InChI is InChI=1S/C85H162N22O17/c1-49(2)40-57(92)73(112)97-59(29-17-23-35-87)76(115)99-61(31-19-25-37-89)79(118)105-69(46-55(13)14)85(124)106-66(43-52(7)8)82(121)100-62(32-20-26-38-90)77(116)102-64(41-50(3)4)74(113)93-47-70(108)96-58(28-16-22-34-86)75(114)98-60(30-18-24-36-88)78(117)104-68(45-54(11)12)84(123)107-67(44-53(9)10)83(122)101-63(33-21-27-39-91)80(119)103-65(42-51(5)6)81(120)95-56(15)72(111)94-48-71(109)110/h49-69H,16-48,86-92H2,1-15H3,(H,93,113)(H,94,111)(H,95,120)(H,96,108)(H,97,112)(H,98,114)(H,99,115)(H,100,121)(H,101,122)(H,102,116)(H,103,119)(H,104,117)(H,105,118)(H,106,124)(H,107,123)(H,109,110)/t56-,57-,58-,59-,60-,61-,62-,63-,64-,65-,66-,67-,68-,69-/m0/s1. The van der Waals surface area contributed by atoms with Crippen LogP contribution in [0.4, 0.5) is 0 Å². The quantitative estimate of drug-likeness (QED) is 0.0326. The molecule has 0 aromatic rings. The first-order valence-electron chi connectivity index (χ1n) is 45.1. The van der Waals surface area contributed by atoms with Gasteiger partial charge < -0.3 is 125 Å². The maximum Gasteiger partial charge on any atom is 0.322 e. The zero-order valence-electron chi connectivity index (χ0n) is 77.0. The summed E-state index contributed by atoms with van der Waals surface area (Å²) in [5, 5.41) is 49.6. The number of unbranched alkanes of at least 4 members (excludes halogenated alkanes) is 6. The van der Waals surface area contributed by atoms with Gasteiger partial charge in [-0.05, 0) is 248 Å². The summed E-state index contributed by atoms with van der Waals surface area (Å²) in [6, 6.07) is -17.1. The minimum atomic E-state index is -1.32. The highest BCUT2D eigenvalue weighted by molar-refractivity contribution is 6.00. The van der Waals surface area contributed by atoms with Crippen molar-refractivity contribution in [1.82, 2.24) is 79.8 Å². The number of nitrogens with one attached hydrogen (secondary N) is 15. The van der Waals surface area contributed by atoms with E-state index in [4.69, 9.17) is 45.2 Å². The number of carboxylic acid groups (broad SMARTS) is 1. The van der Waals surface area contributed by atoms with Gasteiger partial charge in [-0.3, -0.25) is 76.7 Å². The van der Waals surface area contributed by atoms with Gasteiger partial charge in [-0.15, -0.1) is 0 Å². The van der Waals surface area contributed by atoms with Crippen molar-refractivity contribution in [2.45, 2.75) is 349 Å². The van der Waals surface area contributed by atoms with Gasteiger partial charge in [-0.2, -0.15) is 0 Å². The molecule has 14 atom stereocenters. The Kier molecular flexibility index (Phi) is 60.3. The summed E-state index contributed by atoms with van der Waals surface area (Å²) in [5.41, 5.74) is 41.3. The number of hydrogen-bond donors (Lipinski definition) is 23. The van der Waals surface area contributed by atoms with Gasteiger partial charge in [0.15, 0.2) is 0 Å². The number of carbonyl (C=O) groups is 16. The van der Waals surface area contributed by atoms with Gasteiger partial charge in [0.2, 0.25) is 88.6 Å². The third kappa shape index (κ3) is 51.0. The van der Waals surface area contributed by atoms with E-state index in [-0.39, 0.29) is 145 Å². The molecule has 0 aliphatic carbocycles. The van der Waals surface area contributed by atoms with Crippen molar-refractivity contribution in [1.29, 1.82) is 0 Å². The SMILES string of the molecule is CC(C)C[C@H](NC(=O)[C@H](CCCCN)NC(=O)[C@H](CC(C)C)NC(=O)[C@H](CC(C)C)NC(=O)[C@H](CCCCN)NC(=O)[C@H](CCCCN)NC(=O)[C@@H](N)CC(C)C)C(=O)NCC(=O)N[C@@H](CCCCN)C(=O)N[C@@H](CCCCN)C(=O)N[C@@H](CC(C)C)C(=O)N[C@@H](CC(C)C)C(=O)N[C@@H](CCCCN)C(=O)N[C@@H](CC(C)C)C(=O)N[C@@H](C)C(=O)NCC(=O)O. The third-order valence-electron chi connectivity index (χ3n) is 20.2. The molecule has 714 valence electrons. The first-order valence-corrected chi connectivity index (χ1v) is 45.1. The van der Waals surface area contributed by atoms with Crippen LogP contribution in [0.2, 0.25) is 0 Å². The maximum atomic E-state index is 14.7. The molecule has 0 aromatic heterocycles. The van der Waals surface area contributed by atoms with Crippen molar-refractivity contribution < 1.29 is 81.8 Å². The molecule has 39 nitrogen and oxygen atoms in total. The zero-order chi connectivity index (χ0) is 94.3. The summed E-state index contributed by atoms with van der Waals surface area (Å²) in [4.78, 5) is 224. The van der Waals surface area contributed by atoms with Crippen LogP contribution in [-0.2, 0) is 76.7 Å². The first kappa shape index (κ1) is 115. The van der Waals surface area contributed by atoms with Crippen molar-refractivity contribution in [3.05, 3.63) is 0 Å². The molecular formula is C85H162N22O17. The van der Waals surface area contributed by atoms with Crippen LogP contribution in [0, 0.1) is 41.4 Å². The van der Waals surface area contributed by atoms with E-state index in [2.05, 4.69) is 79.8 Å². The van der Waals surface area contributed by atoms with E-state index in [0.717, 1.165) is 0 Å². The van der Waals surface area contributed by atoms with Crippen LogP contribution in [0.5, 0.6) is 0 Å². The second-order valence-electron chi connectivity index (χ2n) is 35.6. The number of rotatable bonds is 69. The molecule has 0 fully saturated rings. The molecule has 0 radical (unpaired) electrons. The Morgan fingerprint density at radius 3 is 0.621 bits per heavy atom. The Morgan fingerprint density at radius 2 is 0.403 bits per heavy atom. The monoisotopic (exact) mass is 1760 g/mol. The highest BCUT2D eigenvalue weighted by Gasteiger charge is 2.39. The Morgan fingerprint density at radius 1 is 0.218 bits per heavy atom.